The molecule has 0 spiro atoms. The van der Waals surface area contributed by atoms with Crippen molar-refractivity contribution in [2.24, 2.45) is 0 Å². The molecule has 0 aliphatic rings. The number of nitrogen functional groups attached to an aromatic ring is 1. The lowest BCUT2D eigenvalue weighted by Crippen LogP contribution is -1.96. The second kappa shape index (κ2) is 2.62. The quantitative estimate of drug-likeness (QED) is 0.695. The van der Waals surface area contributed by atoms with Crippen LogP contribution in [0.1, 0.15) is 5.82 Å². The maximum atomic E-state index is 5.69. The molecule has 2 heterocycles. The van der Waals surface area contributed by atoms with Gasteiger partial charge in [0.1, 0.15) is 11.6 Å². The van der Waals surface area contributed by atoms with Crippen molar-refractivity contribution in [1.29, 1.82) is 0 Å². The molecule has 0 bridgehead atoms. The van der Waals surface area contributed by atoms with E-state index in [1.54, 1.807) is 23.9 Å². The van der Waals surface area contributed by atoms with Crippen molar-refractivity contribution in [2.75, 3.05) is 12.8 Å². The molecule has 0 unspecified atom stereocenters. The van der Waals surface area contributed by atoms with Crippen LogP contribution in [-0.2, 0) is 0 Å². The minimum absolute atomic E-state index is 0.555. The number of nitrogens with two attached hydrogens (primary N) is 1. The highest BCUT2D eigenvalue weighted by molar-refractivity contribution is 5.58. The molecule has 0 aliphatic carbocycles. The number of pyridine rings is 1. The van der Waals surface area contributed by atoms with Crippen LogP contribution in [0.4, 0.5) is 5.69 Å². The van der Waals surface area contributed by atoms with Crippen LogP contribution in [-0.4, -0.2) is 21.7 Å². The number of fused-ring (bicyclic) bond motifs is 1. The third kappa shape index (κ3) is 1.18. The second-order valence-electron chi connectivity index (χ2n) is 2.76. The lowest BCUT2D eigenvalue weighted by atomic mass is 10.4. The number of hydrogen-bond acceptors (Lipinski definition) is 4. The number of rotatable bonds is 1. The average Bonchev–Trinajstić information content (AvgIpc) is 2.42. The van der Waals surface area contributed by atoms with Crippen LogP contribution >= 0.6 is 0 Å². The van der Waals surface area contributed by atoms with E-state index in [0.717, 1.165) is 5.65 Å². The van der Waals surface area contributed by atoms with Crippen LogP contribution in [0.3, 0.4) is 0 Å². The smallest absolute Gasteiger partial charge is 0.159 e. The zero-order valence-corrected chi connectivity index (χ0v) is 7.48. The summed E-state index contributed by atoms with van der Waals surface area (Å²) in [4.78, 5) is 4.18. The standard InChI is InChI=1S/C8H10N4O/c1-5-10-8-3-7(13-2)6(9)4-12(8)11-5/h3-4H,9H2,1-2H3. The van der Waals surface area contributed by atoms with Crippen molar-refractivity contribution in [3.63, 3.8) is 0 Å². The first kappa shape index (κ1) is 7.85. The molecule has 0 fully saturated rings. The normalized spacial score (nSPS) is 10.6. The van der Waals surface area contributed by atoms with Crippen molar-refractivity contribution < 1.29 is 4.74 Å². The van der Waals surface area contributed by atoms with Gasteiger partial charge in [-0.15, -0.1) is 0 Å². The Hall–Kier alpha value is -1.78. The van der Waals surface area contributed by atoms with Gasteiger partial charge in [-0.25, -0.2) is 9.50 Å². The zero-order valence-electron chi connectivity index (χ0n) is 7.48. The maximum Gasteiger partial charge on any atom is 0.159 e. The Balaban J connectivity index is 2.72. The molecule has 0 atom stereocenters. The molecule has 5 heteroatoms. The summed E-state index contributed by atoms with van der Waals surface area (Å²) in [6.45, 7) is 1.83. The molecule has 0 saturated carbocycles. The van der Waals surface area contributed by atoms with E-state index < -0.39 is 0 Å². The third-order valence-electron chi connectivity index (χ3n) is 1.79. The van der Waals surface area contributed by atoms with Gasteiger partial charge >= 0.3 is 0 Å². The predicted molar refractivity (Wildman–Crippen MR) is 48.7 cm³/mol. The highest BCUT2D eigenvalue weighted by Gasteiger charge is 2.04. The van der Waals surface area contributed by atoms with Crippen molar-refractivity contribution in [1.82, 2.24) is 14.6 Å². The van der Waals surface area contributed by atoms with Gasteiger partial charge in [0.25, 0.3) is 0 Å². The van der Waals surface area contributed by atoms with Gasteiger partial charge in [-0.05, 0) is 6.92 Å². The van der Waals surface area contributed by atoms with Crippen molar-refractivity contribution in [3.8, 4) is 5.75 Å². The van der Waals surface area contributed by atoms with Gasteiger partial charge in [-0.2, -0.15) is 5.10 Å². The number of methoxy groups -OCH3 is 1. The van der Waals surface area contributed by atoms with Gasteiger partial charge in [-0.3, -0.25) is 0 Å². The summed E-state index contributed by atoms with van der Waals surface area (Å²) in [7, 11) is 1.57. The van der Waals surface area contributed by atoms with E-state index in [9.17, 15) is 0 Å². The van der Waals surface area contributed by atoms with E-state index in [2.05, 4.69) is 10.1 Å². The van der Waals surface area contributed by atoms with Crippen LogP contribution in [0.25, 0.3) is 5.65 Å². The average molecular weight is 178 g/mol. The molecule has 68 valence electrons. The first-order valence-electron chi connectivity index (χ1n) is 3.87. The Kier molecular flexibility index (Phi) is 1.58. The minimum Gasteiger partial charge on any atom is -0.494 e. The number of nitrogens with zero attached hydrogens (tertiary/aromatic N) is 3. The fourth-order valence-electron chi connectivity index (χ4n) is 1.21. The first-order chi connectivity index (χ1) is 6.20. The summed E-state index contributed by atoms with van der Waals surface area (Å²) in [5.74, 6) is 1.34. The summed E-state index contributed by atoms with van der Waals surface area (Å²) in [5, 5.41) is 4.12. The number of ether oxygens (including phenoxy) is 1. The Bertz CT molecular complexity index is 449. The van der Waals surface area contributed by atoms with E-state index in [0.29, 0.717) is 17.3 Å². The highest BCUT2D eigenvalue weighted by Crippen LogP contribution is 2.21. The van der Waals surface area contributed by atoms with Crippen molar-refractivity contribution >= 4 is 11.3 Å². The molecule has 0 saturated heterocycles. The summed E-state index contributed by atoms with van der Waals surface area (Å²) < 4.78 is 6.69. The molecule has 2 rings (SSSR count). The van der Waals surface area contributed by atoms with E-state index >= 15 is 0 Å². The lowest BCUT2D eigenvalue weighted by molar-refractivity contribution is 0.416. The van der Waals surface area contributed by atoms with Gasteiger partial charge in [0.05, 0.1) is 19.0 Å². The molecular weight excluding hydrogens is 168 g/mol. The first-order valence-corrected chi connectivity index (χ1v) is 3.87. The molecule has 0 radical (unpaired) electrons. The molecule has 2 aromatic rings. The predicted octanol–water partition coefficient (Wildman–Crippen LogP) is 0.629. The van der Waals surface area contributed by atoms with Gasteiger partial charge in [0, 0.05) is 6.07 Å². The fraction of sp³-hybridized carbons (Fsp3) is 0.250. The van der Waals surface area contributed by atoms with E-state index in [-0.39, 0.29) is 0 Å². The summed E-state index contributed by atoms with van der Waals surface area (Å²) in [5.41, 5.74) is 6.99. The Morgan fingerprint density at radius 2 is 2.31 bits per heavy atom. The summed E-state index contributed by atoms with van der Waals surface area (Å²) >= 11 is 0. The van der Waals surface area contributed by atoms with E-state index in [4.69, 9.17) is 10.5 Å². The molecule has 0 aliphatic heterocycles. The topological polar surface area (TPSA) is 65.4 Å². The van der Waals surface area contributed by atoms with Crippen molar-refractivity contribution in [2.45, 2.75) is 6.92 Å². The summed E-state index contributed by atoms with van der Waals surface area (Å²) in [6.07, 6.45) is 1.69. The Labute approximate surface area is 75.1 Å². The second-order valence-corrected chi connectivity index (χ2v) is 2.76. The molecule has 13 heavy (non-hydrogen) atoms. The van der Waals surface area contributed by atoms with Gasteiger partial charge in [-0.1, -0.05) is 0 Å². The SMILES string of the molecule is COc1cc2nc(C)nn2cc1N. The Morgan fingerprint density at radius 1 is 1.54 bits per heavy atom. The van der Waals surface area contributed by atoms with Crippen LogP contribution in [0.15, 0.2) is 12.3 Å². The summed E-state index contributed by atoms with van der Waals surface area (Å²) in [6, 6.07) is 1.76. The van der Waals surface area contributed by atoms with Gasteiger partial charge in [0.2, 0.25) is 0 Å². The highest BCUT2D eigenvalue weighted by atomic mass is 16.5. The maximum absolute atomic E-state index is 5.69. The number of hydrogen-bond donors (Lipinski definition) is 1. The molecule has 5 nitrogen and oxygen atoms in total. The van der Waals surface area contributed by atoms with Crippen LogP contribution in [0.2, 0.25) is 0 Å². The minimum atomic E-state index is 0.555. The van der Waals surface area contributed by atoms with Crippen LogP contribution in [0, 0.1) is 6.92 Å². The molecular formula is C8H10N4O. The third-order valence-corrected chi connectivity index (χ3v) is 1.79. The fourth-order valence-corrected chi connectivity index (χ4v) is 1.21. The van der Waals surface area contributed by atoms with E-state index in [1.807, 2.05) is 6.92 Å². The number of aryl methyl sites for hydroxylation is 1. The molecule has 2 aromatic heterocycles. The van der Waals surface area contributed by atoms with Gasteiger partial charge in [0.15, 0.2) is 5.65 Å². The molecule has 0 aromatic carbocycles. The largest absolute Gasteiger partial charge is 0.494 e. The van der Waals surface area contributed by atoms with Crippen LogP contribution in [0.5, 0.6) is 5.75 Å². The Morgan fingerprint density at radius 3 is 3.00 bits per heavy atom. The van der Waals surface area contributed by atoms with Gasteiger partial charge < -0.3 is 10.5 Å². The van der Waals surface area contributed by atoms with E-state index in [1.165, 1.54) is 0 Å². The number of aromatic nitrogens is 3. The lowest BCUT2D eigenvalue weighted by Gasteiger charge is -2.02. The molecule has 0 amide bonds. The van der Waals surface area contributed by atoms with Crippen molar-refractivity contribution in [3.05, 3.63) is 18.1 Å². The zero-order chi connectivity index (χ0) is 9.42. The molecule has 2 N–H and O–H groups in total. The monoisotopic (exact) mass is 178 g/mol. The number of anilines is 1. The van der Waals surface area contributed by atoms with Crippen LogP contribution < -0.4 is 10.5 Å².